The lowest BCUT2D eigenvalue weighted by molar-refractivity contribution is 0.130. The number of carbonyl (C=O) groups is 1. The number of hydrogen-bond donors (Lipinski definition) is 1. The fourth-order valence-corrected chi connectivity index (χ4v) is 0.551. The second-order valence-corrected chi connectivity index (χ2v) is 2.12. The van der Waals surface area contributed by atoms with Gasteiger partial charge >= 0.3 is 6.09 Å². The lowest BCUT2D eigenvalue weighted by Crippen LogP contribution is -2.14. The Balaban J connectivity index is 2.96. The van der Waals surface area contributed by atoms with Crippen molar-refractivity contribution in [1.82, 2.24) is 3.53 Å². The molecule has 5 heteroatoms. The van der Waals surface area contributed by atoms with Crippen LogP contribution in [-0.2, 0) is 9.47 Å². The number of halogens is 1. The van der Waals surface area contributed by atoms with E-state index < -0.39 is 6.09 Å². The first-order valence-corrected chi connectivity index (χ1v) is 3.91. The van der Waals surface area contributed by atoms with Gasteiger partial charge in [0.2, 0.25) is 0 Å². The van der Waals surface area contributed by atoms with Crippen LogP contribution in [0.5, 0.6) is 0 Å². The lowest BCUT2D eigenvalue weighted by Gasteiger charge is -2.00. The van der Waals surface area contributed by atoms with Crippen LogP contribution >= 0.6 is 22.9 Å². The first-order chi connectivity index (χ1) is 4.81. The second kappa shape index (κ2) is 7.07. The summed E-state index contributed by atoms with van der Waals surface area (Å²) in [6, 6.07) is 0. The van der Waals surface area contributed by atoms with E-state index in [9.17, 15) is 4.79 Å². The van der Waals surface area contributed by atoms with Crippen molar-refractivity contribution < 1.29 is 14.3 Å². The van der Waals surface area contributed by atoms with Crippen LogP contribution in [-0.4, -0.2) is 26.4 Å². The molecule has 0 rings (SSSR count). The molecule has 0 atom stereocenters. The number of carbonyl (C=O) groups excluding carboxylic acids is 1. The van der Waals surface area contributed by atoms with Crippen molar-refractivity contribution in [3.8, 4) is 0 Å². The van der Waals surface area contributed by atoms with Crippen molar-refractivity contribution in [3.05, 3.63) is 0 Å². The standard InChI is InChI=1S/C5H10INO3/c1-9-3-2-4-10-5(8)7-6/h2-4H2,1H3,(H,7,8). The maximum Gasteiger partial charge on any atom is 0.415 e. The maximum absolute atomic E-state index is 10.4. The largest absolute Gasteiger partial charge is 0.449 e. The summed E-state index contributed by atoms with van der Waals surface area (Å²) >= 11 is 1.72. The molecule has 4 nitrogen and oxygen atoms in total. The maximum atomic E-state index is 10.4. The number of rotatable bonds is 4. The predicted octanol–water partition coefficient (Wildman–Crippen LogP) is 1.10. The Labute approximate surface area is 73.8 Å². The summed E-state index contributed by atoms with van der Waals surface area (Å²) in [5, 5.41) is 0. The van der Waals surface area contributed by atoms with Crippen LogP contribution < -0.4 is 3.53 Å². The third-order valence-corrected chi connectivity index (χ3v) is 1.24. The Kier molecular flexibility index (Phi) is 7.04. The second-order valence-electron chi connectivity index (χ2n) is 1.58. The highest BCUT2D eigenvalue weighted by Gasteiger charge is 1.95. The van der Waals surface area contributed by atoms with E-state index in [1.54, 1.807) is 30.0 Å². The molecule has 0 aliphatic carbocycles. The molecular weight excluding hydrogens is 249 g/mol. The summed E-state index contributed by atoms with van der Waals surface area (Å²) in [7, 11) is 1.61. The van der Waals surface area contributed by atoms with Gasteiger partial charge in [-0.15, -0.1) is 0 Å². The van der Waals surface area contributed by atoms with E-state index in [4.69, 9.17) is 4.74 Å². The van der Waals surface area contributed by atoms with E-state index in [2.05, 4.69) is 8.27 Å². The first kappa shape index (κ1) is 9.96. The summed E-state index contributed by atoms with van der Waals surface area (Å²) < 4.78 is 11.7. The summed E-state index contributed by atoms with van der Waals surface area (Å²) in [5.41, 5.74) is 0. The van der Waals surface area contributed by atoms with Gasteiger partial charge in [0.25, 0.3) is 0 Å². The third-order valence-electron chi connectivity index (χ3n) is 0.803. The molecule has 10 heavy (non-hydrogen) atoms. The minimum absolute atomic E-state index is 0.405. The van der Waals surface area contributed by atoms with Gasteiger partial charge in [0.1, 0.15) is 0 Å². The van der Waals surface area contributed by atoms with Gasteiger partial charge in [-0.3, -0.25) is 3.53 Å². The van der Waals surface area contributed by atoms with Gasteiger partial charge in [-0.05, 0) is 0 Å². The number of amides is 1. The van der Waals surface area contributed by atoms with Crippen molar-refractivity contribution in [2.45, 2.75) is 6.42 Å². The van der Waals surface area contributed by atoms with Crippen LogP contribution in [0, 0.1) is 0 Å². The zero-order chi connectivity index (χ0) is 7.82. The predicted molar refractivity (Wildman–Crippen MR) is 45.0 cm³/mol. The molecule has 1 amide bonds. The molecule has 0 spiro atoms. The van der Waals surface area contributed by atoms with E-state index in [-0.39, 0.29) is 0 Å². The van der Waals surface area contributed by atoms with Crippen molar-refractivity contribution >= 4 is 29.0 Å². The Hall–Kier alpha value is -0.0400. The molecule has 60 valence electrons. The molecule has 0 aromatic rings. The average molecular weight is 259 g/mol. The molecule has 0 fully saturated rings. The molecular formula is C5H10INO3. The van der Waals surface area contributed by atoms with Crippen molar-refractivity contribution in [2.24, 2.45) is 0 Å². The smallest absolute Gasteiger partial charge is 0.415 e. The van der Waals surface area contributed by atoms with Crippen LogP contribution in [0.2, 0.25) is 0 Å². The van der Waals surface area contributed by atoms with Crippen molar-refractivity contribution in [2.75, 3.05) is 20.3 Å². The third kappa shape index (κ3) is 6.09. The zero-order valence-corrected chi connectivity index (χ0v) is 7.88. The first-order valence-electron chi connectivity index (χ1n) is 2.83. The van der Waals surface area contributed by atoms with Gasteiger partial charge < -0.3 is 9.47 Å². The van der Waals surface area contributed by atoms with Gasteiger partial charge in [0.05, 0.1) is 29.5 Å². The quantitative estimate of drug-likeness (QED) is 0.467. The monoisotopic (exact) mass is 259 g/mol. The van der Waals surface area contributed by atoms with Crippen LogP contribution in [0.3, 0.4) is 0 Å². The highest BCUT2D eigenvalue weighted by atomic mass is 127. The Morgan fingerprint density at radius 3 is 2.80 bits per heavy atom. The summed E-state index contributed by atoms with van der Waals surface area (Å²) in [6.45, 7) is 1.03. The van der Waals surface area contributed by atoms with Gasteiger partial charge in [-0.25, -0.2) is 4.79 Å². The highest BCUT2D eigenvalue weighted by molar-refractivity contribution is 14.1. The van der Waals surface area contributed by atoms with Gasteiger partial charge in [0.15, 0.2) is 0 Å². The molecule has 0 aromatic carbocycles. The minimum Gasteiger partial charge on any atom is -0.449 e. The summed E-state index contributed by atoms with van der Waals surface area (Å²) in [5.74, 6) is 0. The number of methoxy groups -OCH3 is 1. The number of nitrogens with one attached hydrogen (secondary N) is 1. The summed E-state index contributed by atoms with van der Waals surface area (Å²) in [6.07, 6.45) is 0.331. The molecule has 0 radical (unpaired) electrons. The van der Waals surface area contributed by atoms with E-state index in [0.29, 0.717) is 13.2 Å². The molecule has 0 heterocycles. The normalized spacial score (nSPS) is 9.00. The molecule has 0 unspecified atom stereocenters. The highest BCUT2D eigenvalue weighted by Crippen LogP contribution is 1.85. The SMILES string of the molecule is COCCCOC(=O)NI. The van der Waals surface area contributed by atoms with Crippen LogP contribution in [0.1, 0.15) is 6.42 Å². The number of ether oxygens (including phenoxy) is 2. The molecule has 0 saturated heterocycles. The Bertz CT molecular complexity index is 98.9. The molecule has 0 bridgehead atoms. The molecule has 1 N–H and O–H groups in total. The van der Waals surface area contributed by atoms with Gasteiger partial charge in [0, 0.05) is 20.1 Å². The lowest BCUT2D eigenvalue weighted by atomic mass is 10.5. The van der Waals surface area contributed by atoms with Crippen LogP contribution in [0.4, 0.5) is 4.79 Å². The molecule has 0 aliphatic rings. The van der Waals surface area contributed by atoms with E-state index in [1.165, 1.54) is 0 Å². The van der Waals surface area contributed by atoms with Gasteiger partial charge in [-0.1, -0.05) is 0 Å². The Morgan fingerprint density at radius 2 is 2.30 bits per heavy atom. The van der Waals surface area contributed by atoms with E-state index >= 15 is 0 Å². The summed E-state index contributed by atoms with van der Waals surface area (Å²) in [4.78, 5) is 10.4. The van der Waals surface area contributed by atoms with Crippen molar-refractivity contribution in [3.63, 3.8) is 0 Å². The topological polar surface area (TPSA) is 47.6 Å². The van der Waals surface area contributed by atoms with Crippen LogP contribution in [0.15, 0.2) is 0 Å². The van der Waals surface area contributed by atoms with E-state index in [0.717, 1.165) is 6.42 Å². The van der Waals surface area contributed by atoms with E-state index in [1.807, 2.05) is 0 Å². The molecule has 0 saturated carbocycles. The Morgan fingerprint density at radius 1 is 1.60 bits per heavy atom. The van der Waals surface area contributed by atoms with Crippen molar-refractivity contribution in [1.29, 1.82) is 0 Å². The zero-order valence-electron chi connectivity index (χ0n) is 5.72. The minimum atomic E-state index is -0.406. The van der Waals surface area contributed by atoms with Gasteiger partial charge in [-0.2, -0.15) is 0 Å². The average Bonchev–Trinajstić information content (AvgIpc) is 1.98. The molecule has 0 aliphatic heterocycles. The fourth-order valence-electron chi connectivity index (χ4n) is 0.395. The molecule has 0 aromatic heterocycles. The number of hydrogen-bond acceptors (Lipinski definition) is 3. The van der Waals surface area contributed by atoms with Crippen LogP contribution in [0.25, 0.3) is 0 Å². The fraction of sp³-hybridized carbons (Fsp3) is 0.800.